The van der Waals surface area contributed by atoms with Crippen LogP contribution in [-0.2, 0) is 0 Å². The van der Waals surface area contributed by atoms with Crippen molar-refractivity contribution in [2.24, 2.45) is 4.99 Å². The van der Waals surface area contributed by atoms with E-state index >= 15 is 0 Å². The van der Waals surface area contributed by atoms with Crippen LogP contribution in [0.15, 0.2) is 65.8 Å². The second-order valence-corrected chi connectivity index (χ2v) is 27.0. The molecule has 2 aromatic rings. The second-order valence-electron chi connectivity index (χ2n) is 9.11. The van der Waals surface area contributed by atoms with Crippen LogP contribution in [0.4, 0.5) is 11.4 Å². The monoisotopic (exact) mass is 649 g/mol. The van der Waals surface area contributed by atoms with Crippen molar-refractivity contribution in [3.8, 4) is 11.5 Å². The van der Waals surface area contributed by atoms with Gasteiger partial charge in [-0.1, -0.05) is 0 Å². The van der Waals surface area contributed by atoms with E-state index in [2.05, 4.69) is 67.4 Å². The summed E-state index contributed by atoms with van der Waals surface area (Å²) in [6, 6.07) is 16.1. The zero-order valence-corrected chi connectivity index (χ0v) is 25.9. The number of ether oxygens (including phenoxy) is 2. The third-order valence-electron chi connectivity index (χ3n) is 4.51. The molecule has 0 saturated heterocycles. The van der Waals surface area contributed by atoms with Gasteiger partial charge in [-0.25, -0.2) is 0 Å². The van der Waals surface area contributed by atoms with Crippen LogP contribution in [-0.4, -0.2) is 63.8 Å². The first-order valence-electron chi connectivity index (χ1n) is 10.4. The van der Waals surface area contributed by atoms with E-state index in [4.69, 9.17) is 9.47 Å². The molecule has 2 rings (SSSR count). The van der Waals surface area contributed by atoms with Gasteiger partial charge >= 0.3 is 204 Å². The molecular weight excluding hydrogens is 614 g/mol. The summed E-state index contributed by atoms with van der Waals surface area (Å²) in [5, 5.41) is 0. The first-order valence-corrected chi connectivity index (χ1v) is 20.8. The molecule has 2 radical (unpaired) electrons. The Labute approximate surface area is 203 Å². The molecule has 0 aliphatic heterocycles. The van der Waals surface area contributed by atoms with Crippen LogP contribution in [0.25, 0.3) is 0 Å². The topological polar surface area (TPSA) is 37.3 Å². The van der Waals surface area contributed by atoms with Crippen molar-refractivity contribution < 1.29 is 9.47 Å². The Balaban J connectivity index is 2.38. The first-order chi connectivity index (χ1) is 14.6. The first kappa shape index (κ1) is 25.8. The van der Waals surface area contributed by atoms with E-state index in [1.54, 1.807) is 14.2 Å². The van der Waals surface area contributed by atoms with Crippen molar-refractivity contribution in [1.29, 1.82) is 0 Å². The molecule has 0 atom stereocenters. The summed E-state index contributed by atoms with van der Waals surface area (Å²) in [7, 11) is 0.526. The van der Waals surface area contributed by atoms with Gasteiger partial charge < -0.3 is 0 Å². The third-order valence-corrected chi connectivity index (χ3v) is 31.8. The van der Waals surface area contributed by atoms with E-state index in [1.165, 1.54) is 0 Å². The molecule has 0 fully saturated rings. The number of rotatable bonds is 10. The van der Waals surface area contributed by atoms with Crippen molar-refractivity contribution in [2.75, 3.05) is 16.9 Å². The van der Waals surface area contributed by atoms with Gasteiger partial charge in [0.25, 0.3) is 0 Å². The van der Waals surface area contributed by atoms with Gasteiger partial charge in [0.05, 0.1) is 0 Å². The summed E-state index contributed by atoms with van der Waals surface area (Å²) < 4.78 is 16.5. The van der Waals surface area contributed by atoms with E-state index in [-0.39, 0.29) is 0 Å². The van der Waals surface area contributed by atoms with Gasteiger partial charge in [-0.05, 0) is 0 Å². The number of para-hydroxylation sites is 4. The molecule has 0 amide bonds. The van der Waals surface area contributed by atoms with Crippen LogP contribution >= 0.6 is 0 Å². The summed E-state index contributed by atoms with van der Waals surface area (Å²) in [6.07, 6.45) is 6.04. The fraction of sp³-hybridized carbons (Fsp3) is 0.348. The average Bonchev–Trinajstić information content (AvgIpc) is 2.71. The van der Waals surface area contributed by atoms with E-state index in [9.17, 15) is 0 Å². The number of aliphatic imine (C=N–C) groups is 1. The second kappa shape index (κ2) is 11.4. The van der Waals surface area contributed by atoms with Gasteiger partial charge in [0, 0.05) is 0 Å². The Bertz CT molecular complexity index is 894. The van der Waals surface area contributed by atoms with Crippen LogP contribution in [0.2, 0.25) is 39.3 Å². The quantitative estimate of drug-likeness (QED) is 0.237. The molecule has 0 aliphatic carbocycles. The standard InChI is InChI=1S/C17H17N2O2.C6H18NSi2.Pb/c1-20-16-10-5-3-8-14(16)18-12-7-13-19-15-9-4-6-11-17(15)21-2;1-8(2,3)7-9(4,5)6;/h3-13H,1-2H3;1-6H3;/q2*-1;+2/b12-7-,19-13?;;. The maximum absolute atomic E-state index is 5.69. The van der Waals surface area contributed by atoms with Crippen LogP contribution in [0.5, 0.6) is 11.5 Å². The fourth-order valence-electron chi connectivity index (χ4n) is 3.39. The predicted octanol–water partition coefficient (Wildman–Crippen LogP) is 5.93. The van der Waals surface area contributed by atoms with Crippen molar-refractivity contribution in [2.45, 2.75) is 39.3 Å². The Morgan fingerprint density at radius 3 is 1.94 bits per heavy atom. The summed E-state index contributed by atoms with van der Waals surface area (Å²) in [5.41, 5.74) is 1.96. The minimum absolute atomic E-state index is 0.774. The van der Waals surface area contributed by atoms with Crippen LogP contribution in [0, 0.1) is 0 Å². The number of hydrogen-bond acceptors (Lipinski definition) is 5. The molecule has 0 unspecified atom stereocenters. The molecule has 0 spiro atoms. The summed E-state index contributed by atoms with van der Waals surface area (Å²) in [5.74, 6) is 1.68. The molecule has 2 aromatic carbocycles. The molecule has 5 nitrogen and oxygen atoms in total. The molecular formula is C23H35N3O2PbSi2. The van der Waals surface area contributed by atoms with Gasteiger partial charge in [-0.2, -0.15) is 0 Å². The van der Waals surface area contributed by atoms with Gasteiger partial charge in [0.1, 0.15) is 0 Å². The molecule has 0 aliphatic rings. The van der Waals surface area contributed by atoms with Crippen molar-refractivity contribution in [3.05, 3.63) is 60.8 Å². The number of allylic oxidation sites excluding steroid dienone is 1. The number of benzene rings is 2. The van der Waals surface area contributed by atoms with Crippen molar-refractivity contribution in [3.63, 3.8) is 0 Å². The fourth-order valence-corrected chi connectivity index (χ4v) is 23.5. The van der Waals surface area contributed by atoms with Gasteiger partial charge in [0.2, 0.25) is 0 Å². The van der Waals surface area contributed by atoms with Crippen molar-refractivity contribution >= 4 is 58.9 Å². The van der Waals surface area contributed by atoms with Crippen LogP contribution in [0.1, 0.15) is 0 Å². The SMILES string of the molecule is COc1ccccc1N=C/C=C\[N]([Pb][N]([Si](C)(C)C)[Si](C)(C)C)c1ccccc1OC. The number of nitrogens with zero attached hydrogens (tertiary/aromatic N) is 3. The normalized spacial score (nSPS) is 12.7. The average molecular weight is 649 g/mol. The molecule has 166 valence electrons. The van der Waals surface area contributed by atoms with Gasteiger partial charge in [-0.3, -0.25) is 0 Å². The summed E-state index contributed by atoms with van der Waals surface area (Å²) >= 11 is -1.40. The number of methoxy groups -OCH3 is 2. The Hall–Kier alpha value is -1.43. The van der Waals surface area contributed by atoms with Crippen LogP contribution < -0.4 is 12.2 Å². The predicted molar refractivity (Wildman–Crippen MR) is 140 cm³/mol. The molecule has 0 N–H and O–H groups in total. The van der Waals surface area contributed by atoms with E-state index < -0.39 is 41.3 Å². The number of hydrogen-bond donors (Lipinski definition) is 0. The van der Waals surface area contributed by atoms with Crippen molar-refractivity contribution in [1.82, 2.24) is 2.04 Å². The maximum atomic E-state index is 5.69. The van der Waals surface area contributed by atoms with Crippen LogP contribution in [0.3, 0.4) is 0 Å². The van der Waals surface area contributed by atoms with Gasteiger partial charge in [-0.15, -0.1) is 0 Å². The molecule has 8 heteroatoms. The molecule has 0 bridgehead atoms. The molecule has 0 saturated carbocycles. The Morgan fingerprint density at radius 2 is 1.35 bits per heavy atom. The Morgan fingerprint density at radius 1 is 0.806 bits per heavy atom. The summed E-state index contributed by atoms with van der Waals surface area (Å²) in [6.45, 7) is 14.8. The number of anilines is 1. The van der Waals surface area contributed by atoms with Gasteiger partial charge in [0.15, 0.2) is 0 Å². The molecule has 0 aromatic heterocycles. The summed E-state index contributed by atoms with van der Waals surface area (Å²) in [4.78, 5) is 4.59. The molecule has 0 heterocycles. The Kier molecular flexibility index (Phi) is 9.53. The zero-order chi connectivity index (χ0) is 23.1. The van der Waals surface area contributed by atoms with E-state index in [0.717, 1.165) is 22.9 Å². The molecule has 31 heavy (non-hydrogen) atoms. The minimum atomic E-state index is -1.44. The third kappa shape index (κ3) is 7.58. The van der Waals surface area contributed by atoms with E-state index in [1.807, 2.05) is 48.7 Å². The van der Waals surface area contributed by atoms with E-state index in [0.29, 0.717) is 0 Å². The zero-order valence-electron chi connectivity index (χ0n) is 20.0.